The number of aromatic nitrogens is 1. The first kappa shape index (κ1) is 17.1. The van der Waals surface area contributed by atoms with Gasteiger partial charge in [-0.1, -0.05) is 12.1 Å². The maximum Gasteiger partial charge on any atom is 0.189 e. The quantitative estimate of drug-likeness (QED) is 0.878. The monoisotopic (exact) mass is 329 g/mol. The smallest absolute Gasteiger partial charge is 0.189 e. The van der Waals surface area contributed by atoms with Crippen LogP contribution < -0.4 is 5.43 Å². The van der Waals surface area contributed by atoms with E-state index in [0.717, 1.165) is 49.2 Å². The Morgan fingerprint density at radius 1 is 1.29 bits per heavy atom. The van der Waals surface area contributed by atoms with Crippen LogP contribution in [-0.2, 0) is 6.54 Å². The topological polar surface area (TPSA) is 59.6 Å². The predicted molar refractivity (Wildman–Crippen MR) is 97.2 cm³/mol. The molecular formula is C19H27N3O2. The van der Waals surface area contributed by atoms with Crippen molar-refractivity contribution in [3.05, 3.63) is 46.2 Å². The van der Waals surface area contributed by atoms with Crippen LogP contribution in [0.25, 0.3) is 10.9 Å². The van der Waals surface area contributed by atoms with Crippen molar-refractivity contribution in [3.8, 4) is 0 Å². The highest BCUT2D eigenvalue weighted by atomic mass is 16.3. The van der Waals surface area contributed by atoms with Crippen LogP contribution in [0.4, 0.5) is 0 Å². The average molecular weight is 329 g/mol. The van der Waals surface area contributed by atoms with Crippen LogP contribution in [0.5, 0.6) is 0 Å². The van der Waals surface area contributed by atoms with Gasteiger partial charge in [0.15, 0.2) is 5.43 Å². The lowest BCUT2D eigenvalue weighted by Crippen LogP contribution is -2.55. The number of hydrogen-bond donors (Lipinski definition) is 2. The molecule has 0 saturated carbocycles. The summed E-state index contributed by atoms with van der Waals surface area (Å²) < 4.78 is 0. The number of fused-ring (bicyclic) bond motifs is 1. The fraction of sp³-hybridized carbons (Fsp3) is 0.526. The number of hydrogen-bond acceptors (Lipinski definition) is 4. The molecule has 1 aromatic heterocycles. The minimum atomic E-state index is 0.0760. The molecule has 1 unspecified atom stereocenters. The molecule has 2 heterocycles. The molecule has 1 aromatic carbocycles. The summed E-state index contributed by atoms with van der Waals surface area (Å²) in [7, 11) is 0. The number of H-pyrrole nitrogens is 1. The lowest BCUT2D eigenvalue weighted by Gasteiger charge is -2.43. The van der Waals surface area contributed by atoms with Gasteiger partial charge in [-0.05, 0) is 32.4 Å². The van der Waals surface area contributed by atoms with E-state index in [-0.39, 0.29) is 12.0 Å². The molecule has 0 spiro atoms. The number of para-hydroxylation sites is 1. The Balaban J connectivity index is 1.75. The number of aromatic amines is 1. The minimum Gasteiger partial charge on any atom is -0.396 e. The highest BCUT2D eigenvalue weighted by Crippen LogP contribution is 2.18. The fourth-order valence-electron chi connectivity index (χ4n) is 3.74. The Labute approximate surface area is 142 Å². The van der Waals surface area contributed by atoms with E-state index in [1.165, 1.54) is 0 Å². The molecule has 2 N–H and O–H groups in total. The van der Waals surface area contributed by atoms with Crippen LogP contribution >= 0.6 is 0 Å². The summed E-state index contributed by atoms with van der Waals surface area (Å²) in [6.07, 6.45) is 0.795. The first-order valence-electron chi connectivity index (χ1n) is 8.78. The Morgan fingerprint density at radius 2 is 2.08 bits per heavy atom. The summed E-state index contributed by atoms with van der Waals surface area (Å²) in [5.74, 6) is 0. The van der Waals surface area contributed by atoms with Crippen molar-refractivity contribution in [2.45, 2.75) is 38.9 Å². The third kappa shape index (κ3) is 3.69. The van der Waals surface area contributed by atoms with Crippen molar-refractivity contribution in [1.29, 1.82) is 0 Å². The van der Waals surface area contributed by atoms with Crippen LogP contribution in [0, 0.1) is 0 Å². The molecule has 0 radical (unpaired) electrons. The third-order valence-corrected chi connectivity index (χ3v) is 4.93. The zero-order valence-electron chi connectivity index (χ0n) is 14.5. The number of rotatable bonds is 5. The molecule has 3 rings (SSSR count). The molecule has 5 heteroatoms. The Morgan fingerprint density at radius 3 is 2.83 bits per heavy atom. The van der Waals surface area contributed by atoms with E-state index in [1.807, 2.05) is 24.3 Å². The molecule has 130 valence electrons. The third-order valence-electron chi connectivity index (χ3n) is 4.93. The second kappa shape index (κ2) is 7.47. The molecule has 0 bridgehead atoms. The minimum absolute atomic E-state index is 0.0760. The first-order chi connectivity index (χ1) is 11.6. The van der Waals surface area contributed by atoms with Gasteiger partial charge in [0.25, 0.3) is 0 Å². The number of aliphatic hydroxyl groups excluding tert-OH is 1. The van der Waals surface area contributed by atoms with Gasteiger partial charge >= 0.3 is 0 Å². The molecule has 1 atom stereocenters. The number of pyridine rings is 1. The van der Waals surface area contributed by atoms with E-state index in [0.29, 0.717) is 12.1 Å². The SMILES string of the molecule is CC(C)N1CCN(Cc2cc(=O)c3ccccc3[nH]2)CC1CCO. The fourth-order valence-corrected chi connectivity index (χ4v) is 3.74. The molecule has 1 saturated heterocycles. The molecule has 24 heavy (non-hydrogen) atoms. The van der Waals surface area contributed by atoms with Crippen molar-refractivity contribution >= 4 is 10.9 Å². The Bertz CT molecular complexity index is 741. The van der Waals surface area contributed by atoms with Crippen LogP contribution in [0.2, 0.25) is 0 Å². The van der Waals surface area contributed by atoms with Gasteiger partial charge in [0, 0.05) is 67.5 Å². The van der Waals surface area contributed by atoms with Gasteiger partial charge in [0.05, 0.1) is 0 Å². The molecule has 2 aromatic rings. The Hall–Kier alpha value is -1.69. The predicted octanol–water partition coefficient (Wildman–Crippen LogP) is 1.81. The molecule has 1 aliphatic rings. The normalized spacial score (nSPS) is 20.1. The van der Waals surface area contributed by atoms with Gasteiger partial charge in [-0.25, -0.2) is 0 Å². The lowest BCUT2D eigenvalue weighted by atomic mass is 10.1. The zero-order valence-corrected chi connectivity index (χ0v) is 14.5. The standard InChI is InChI=1S/C19H27N3O2/c1-14(2)22-9-8-21(13-16(22)7-10-23)12-15-11-19(24)17-5-3-4-6-18(17)20-15/h3-6,11,14,16,23H,7-10,12-13H2,1-2H3,(H,20,24). The van der Waals surface area contributed by atoms with E-state index in [4.69, 9.17) is 0 Å². The number of nitrogens with one attached hydrogen (secondary N) is 1. The van der Waals surface area contributed by atoms with Crippen LogP contribution in [-0.4, -0.2) is 58.2 Å². The van der Waals surface area contributed by atoms with E-state index < -0.39 is 0 Å². The first-order valence-corrected chi connectivity index (χ1v) is 8.78. The Kier molecular flexibility index (Phi) is 5.33. The maximum absolute atomic E-state index is 12.3. The average Bonchev–Trinajstić information content (AvgIpc) is 2.55. The van der Waals surface area contributed by atoms with Crippen molar-refractivity contribution < 1.29 is 5.11 Å². The van der Waals surface area contributed by atoms with Gasteiger partial charge in [-0.2, -0.15) is 0 Å². The highest BCUT2D eigenvalue weighted by molar-refractivity contribution is 5.78. The highest BCUT2D eigenvalue weighted by Gasteiger charge is 2.28. The number of benzene rings is 1. The second-order valence-corrected chi connectivity index (χ2v) is 6.94. The van der Waals surface area contributed by atoms with Crippen molar-refractivity contribution in [2.24, 2.45) is 0 Å². The molecule has 1 fully saturated rings. The summed E-state index contributed by atoms with van der Waals surface area (Å²) in [4.78, 5) is 20.5. The molecule has 5 nitrogen and oxygen atoms in total. The molecule has 1 aliphatic heterocycles. The largest absolute Gasteiger partial charge is 0.396 e. The lowest BCUT2D eigenvalue weighted by molar-refractivity contribution is 0.0344. The molecular weight excluding hydrogens is 302 g/mol. The maximum atomic E-state index is 12.3. The van der Waals surface area contributed by atoms with Crippen molar-refractivity contribution in [2.75, 3.05) is 26.2 Å². The van der Waals surface area contributed by atoms with Gasteiger partial charge in [0.2, 0.25) is 0 Å². The van der Waals surface area contributed by atoms with Crippen LogP contribution in [0.15, 0.2) is 35.1 Å². The van der Waals surface area contributed by atoms with Gasteiger partial charge in [0.1, 0.15) is 0 Å². The summed E-state index contributed by atoms with van der Waals surface area (Å²) in [5, 5.41) is 10.1. The molecule has 0 amide bonds. The summed E-state index contributed by atoms with van der Waals surface area (Å²) in [6, 6.07) is 10.2. The van der Waals surface area contributed by atoms with E-state index in [9.17, 15) is 9.90 Å². The summed E-state index contributed by atoms with van der Waals surface area (Å²) in [5.41, 5.74) is 1.93. The summed E-state index contributed by atoms with van der Waals surface area (Å²) in [6.45, 7) is 8.28. The summed E-state index contributed by atoms with van der Waals surface area (Å²) >= 11 is 0. The number of nitrogens with zero attached hydrogens (tertiary/aromatic N) is 2. The number of aliphatic hydroxyl groups is 1. The molecule has 0 aliphatic carbocycles. The zero-order chi connectivity index (χ0) is 17.1. The van der Waals surface area contributed by atoms with Gasteiger partial charge in [-0.3, -0.25) is 14.6 Å². The van der Waals surface area contributed by atoms with Crippen LogP contribution in [0.3, 0.4) is 0 Å². The van der Waals surface area contributed by atoms with Gasteiger partial charge in [-0.15, -0.1) is 0 Å². The van der Waals surface area contributed by atoms with Crippen molar-refractivity contribution in [1.82, 2.24) is 14.8 Å². The second-order valence-electron chi connectivity index (χ2n) is 6.94. The number of piperazine rings is 1. The van der Waals surface area contributed by atoms with Gasteiger partial charge < -0.3 is 10.1 Å². The van der Waals surface area contributed by atoms with E-state index in [1.54, 1.807) is 6.07 Å². The van der Waals surface area contributed by atoms with Crippen LogP contribution in [0.1, 0.15) is 26.0 Å². The van der Waals surface area contributed by atoms with Crippen molar-refractivity contribution in [3.63, 3.8) is 0 Å². The van der Waals surface area contributed by atoms with E-state index >= 15 is 0 Å². The van der Waals surface area contributed by atoms with E-state index in [2.05, 4.69) is 28.6 Å².